The van der Waals surface area contributed by atoms with Crippen LogP contribution in [0.5, 0.6) is 0 Å². The number of carbonyl (C=O) groups excluding carboxylic acids is 2. The lowest BCUT2D eigenvalue weighted by Crippen LogP contribution is -2.60. The van der Waals surface area contributed by atoms with Gasteiger partial charge in [-0.05, 0) is 19.3 Å². The number of ether oxygens (including phenoxy) is 1. The SMILES string of the molecule is CN(C)c1cnc(C(=O)NC2CCC(=O)NC2C2CCCO2)cn1. The van der Waals surface area contributed by atoms with E-state index in [0.29, 0.717) is 25.3 Å². The van der Waals surface area contributed by atoms with Crippen molar-refractivity contribution in [1.29, 1.82) is 0 Å². The van der Waals surface area contributed by atoms with Crippen molar-refractivity contribution >= 4 is 17.6 Å². The lowest BCUT2D eigenvalue weighted by atomic mass is 9.92. The summed E-state index contributed by atoms with van der Waals surface area (Å²) in [7, 11) is 3.72. The highest BCUT2D eigenvalue weighted by Gasteiger charge is 2.37. The predicted molar refractivity (Wildman–Crippen MR) is 87.8 cm³/mol. The van der Waals surface area contributed by atoms with Crippen molar-refractivity contribution < 1.29 is 14.3 Å². The number of anilines is 1. The summed E-state index contributed by atoms with van der Waals surface area (Å²) in [6.45, 7) is 0.704. The Morgan fingerprint density at radius 1 is 1.33 bits per heavy atom. The summed E-state index contributed by atoms with van der Waals surface area (Å²) < 4.78 is 5.70. The Labute approximate surface area is 141 Å². The quantitative estimate of drug-likeness (QED) is 0.811. The molecule has 3 atom stereocenters. The van der Waals surface area contributed by atoms with Crippen LogP contribution in [0.3, 0.4) is 0 Å². The van der Waals surface area contributed by atoms with Gasteiger partial charge in [0.1, 0.15) is 11.5 Å². The molecule has 1 aromatic heterocycles. The van der Waals surface area contributed by atoms with Crippen molar-refractivity contribution in [3.8, 4) is 0 Å². The van der Waals surface area contributed by atoms with Gasteiger partial charge >= 0.3 is 0 Å². The Morgan fingerprint density at radius 2 is 2.17 bits per heavy atom. The molecule has 2 saturated heterocycles. The standard InChI is InChI=1S/C16H23N5O3/c1-21(2)13-9-17-11(8-18-13)16(23)19-10-5-6-14(22)20-15(10)12-4-3-7-24-12/h8-10,12,15H,3-7H2,1-2H3,(H,19,23)(H,20,22). The summed E-state index contributed by atoms with van der Waals surface area (Å²) in [5.41, 5.74) is 0.267. The van der Waals surface area contributed by atoms with Crippen LogP contribution in [0.4, 0.5) is 5.82 Å². The van der Waals surface area contributed by atoms with Crippen LogP contribution in [-0.2, 0) is 9.53 Å². The van der Waals surface area contributed by atoms with Crippen LogP contribution in [0.15, 0.2) is 12.4 Å². The molecule has 2 N–H and O–H groups in total. The maximum atomic E-state index is 12.5. The van der Waals surface area contributed by atoms with E-state index in [1.165, 1.54) is 6.20 Å². The van der Waals surface area contributed by atoms with Gasteiger partial charge in [-0.15, -0.1) is 0 Å². The van der Waals surface area contributed by atoms with Gasteiger partial charge in [-0.3, -0.25) is 9.59 Å². The number of aromatic nitrogens is 2. The molecule has 2 fully saturated rings. The molecule has 2 aliphatic rings. The van der Waals surface area contributed by atoms with Crippen molar-refractivity contribution in [2.75, 3.05) is 25.6 Å². The summed E-state index contributed by atoms with van der Waals surface area (Å²) in [6.07, 6.45) is 5.87. The molecule has 0 aliphatic carbocycles. The third-order valence-electron chi connectivity index (χ3n) is 4.45. The van der Waals surface area contributed by atoms with Gasteiger partial charge in [0.15, 0.2) is 0 Å². The second-order valence-corrected chi connectivity index (χ2v) is 6.42. The van der Waals surface area contributed by atoms with Gasteiger partial charge in [0.2, 0.25) is 5.91 Å². The van der Waals surface area contributed by atoms with Gasteiger partial charge in [0.05, 0.1) is 30.6 Å². The molecule has 3 rings (SSSR count). The molecule has 8 nitrogen and oxygen atoms in total. The average molecular weight is 333 g/mol. The third kappa shape index (κ3) is 3.64. The molecule has 0 aromatic carbocycles. The Balaban J connectivity index is 1.68. The van der Waals surface area contributed by atoms with E-state index in [0.717, 1.165) is 12.8 Å². The summed E-state index contributed by atoms with van der Waals surface area (Å²) in [5, 5.41) is 5.95. The van der Waals surface area contributed by atoms with Gasteiger partial charge in [-0.2, -0.15) is 0 Å². The molecule has 2 aliphatic heterocycles. The highest BCUT2D eigenvalue weighted by molar-refractivity contribution is 5.92. The molecule has 1 aromatic rings. The van der Waals surface area contributed by atoms with Gasteiger partial charge in [0, 0.05) is 27.1 Å². The number of carbonyl (C=O) groups is 2. The molecule has 3 heterocycles. The smallest absolute Gasteiger partial charge is 0.271 e. The summed E-state index contributed by atoms with van der Waals surface area (Å²) in [6, 6.07) is -0.347. The van der Waals surface area contributed by atoms with Crippen LogP contribution in [0.2, 0.25) is 0 Å². The summed E-state index contributed by atoms with van der Waals surface area (Å²) >= 11 is 0. The molecule has 24 heavy (non-hydrogen) atoms. The minimum absolute atomic E-state index is 0.0103. The van der Waals surface area contributed by atoms with Gasteiger partial charge in [-0.1, -0.05) is 0 Å². The first-order valence-corrected chi connectivity index (χ1v) is 8.26. The first-order chi connectivity index (χ1) is 11.5. The molecule has 0 radical (unpaired) electrons. The average Bonchev–Trinajstić information content (AvgIpc) is 3.11. The third-order valence-corrected chi connectivity index (χ3v) is 4.45. The first kappa shape index (κ1) is 16.6. The first-order valence-electron chi connectivity index (χ1n) is 8.26. The van der Waals surface area contributed by atoms with E-state index < -0.39 is 0 Å². The summed E-state index contributed by atoms with van der Waals surface area (Å²) in [4.78, 5) is 34.4. The van der Waals surface area contributed by atoms with E-state index in [4.69, 9.17) is 4.74 Å². The zero-order valence-corrected chi connectivity index (χ0v) is 14.0. The van der Waals surface area contributed by atoms with Gasteiger partial charge in [0.25, 0.3) is 5.91 Å². The summed E-state index contributed by atoms with van der Waals surface area (Å²) in [5.74, 6) is 0.418. The van der Waals surface area contributed by atoms with E-state index in [9.17, 15) is 9.59 Å². The molecule has 3 unspecified atom stereocenters. The van der Waals surface area contributed by atoms with Crippen molar-refractivity contribution in [3.63, 3.8) is 0 Å². The number of rotatable bonds is 4. The van der Waals surface area contributed by atoms with Crippen LogP contribution < -0.4 is 15.5 Å². The molecule has 2 amide bonds. The molecular formula is C16H23N5O3. The lowest BCUT2D eigenvalue weighted by Gasteiger charge is -2.35. The maximum absolute atomic E-state index is 12.5. The zero-order chi connectivity index (χ0) is 17.1. The minimum atomic E-state index is -0.281. The second-order valence-electron chi connectivity index (χ2n) is 6.42. The molecule has 0 spiro atoms. The van der Waals surface area contributed by atoms with Gasteiger partial charge in [-0.25, -0.2) is 9.97 Å². The van der Waals surface area contributed by atoms with Crippen LogP contribution in [0.25, 0.3) is 0 Å². The monoisotopic (exact) mass is 333 g/mol. The van der Waals surface area contributed by atoms with Crippen LogP contribution in [0, 0.1) is 0 Å². The van der Waals surface area contributed by atoms with E-state index in [1.807, 2.05) is 19.0 Å². The predicted octanol–water partition coefficient (Wildman–Crippen LogP) is 0.0986. The topological polar surface area (TPSA) is 96.5 Å². The number of hydrogen-bond donors (Lipinski definition) is 2. The van der Waals surface area contributed by atoms with E-state index in [-0.39, 0.29) is 35.7 Å². The second kappa shape index (κ2) is 7.12. The Hall–Kier alpha value is -2.22. The Bertz CT molecular complexity index is 598. The van der Waals surface area contributed by atoms with Gasteiger partial charge < -0.3 is 20.3 Å². The minimum Gasteiger partial charge on any atom is -0.376 e. The Morgan fingerprint density at radius 3 is 2.79 bits per heavy atom. The number of amides is 2. The zero-order valence-electron chi connectivity index (χ0n) is 14.0. The number of nitrogens with one attached hydrogen (secondary N) is 2. The van der Waals surface area contributed by atoms with Crippen molar-refractivity contribution in [2.45, 2.75) is 43.9 Å². The lowest BCUT2D eigenvalue weighted by molar-refractivity contribution is -0.125. The highest BCUT2D eigenvalue weighted by atomic mass is 16.5. The fourth-order valence-corrected chi connectivity index (χ4v) is 3.14. The molecular weight excluding hydrogens is 310 g/mol. The molecule has 0 bridgehead atoms. The molecule has 8 heteroatoms. The van der Waals surface area contributed by atoms with E-state index in [2.05, 4.69) is 20.6 Å². The molecule has 130 valence electrons. The number of nitrogens with zero attached hydrogens (tertiary/aromatic N) is 3. The van der Waals surface area contributed by atoms with Crippen LogP contribution in [0.1, 0.15) is 36.2 Å². The maximum Gasteiger partial charge on any atom is 0.271 e. The number of piperidine rings is 1. The van der Waals surface area contributed by atoms with Crippen molar-refractivity contribution in [3.05, 3.63) is 18.1 Å². The van der Waals surface area contributed by atoms with E-state index in [1.54, 1.807) is 6.20 Å². The van der Waals surface area contributed by atoms with Crippen LogP contribution >= 0.6 is 0 Å². The van der Waals surface area contributed by atoms with Crippen molar-refractivity contribution in [1.82, 2.24) is 20.6 Å². The van der Waals surface area contributed by atoms with E-state index >= 15 is 0 Å². The highest BCUT2D eigenvalue weighted by Crippen LogP contribution is 2.22. The normalized spacial score (nSPS) is 26.8. The fraction of sp³-hybridized carbons (Fsp3) is 0.625. The fourth-order valence-electron chi connectivity index (χ4n) is 3.14. The van der Waals surface area contributed by atoms with Crippen molar-refractivity contribution in [2.24, 2.45) is 0 Å². The van der Waals surface area contributed by atoms with Crippen LogP contribution in [-0.4, -0.2) is 60.7 Å². The molecule has 0 saturated carbocycles. The largest absolute Gasteiger partial charge is 0.376 e. The Kier molecular flexibility index (Phi) is 4.94. The number of hydrogen-bond acceptors (Lipinski definition) is 6.